The second-order valence-corrected chi connectivity index (χ2v) is 5.53. The molecule has 0 radical (unpaired) electrons. The molecule has 0 saturated heterocycles. The molecule has 3 heteroatoms. The van der Waals surface area contributed by atoms with Crippen molar-refractivity contribution in [2.75, 3.05) is 0 Å². The zero-order chi connectivity index (χ0) is 12.8. The zero-order valence-corrected chi connectivity index (χ0v) is 11.9. The van der Waals surface area contributed by atoms with Crippen molar-refractivity contribution in [3.05, 3.63) is 18.2 Å². The predicted octanol–water partition coefficient (Wildman–Crippen LogP) is 3.67. The first-order chi connectivity index (χ1) is 8.85. The number of nitrogens with zero attached hydrogens (tertiary/aromatic N) is 2. The van der Waals surface area contributed by atoms with Crippen LogP contribution in [-0.4, -0.2) is 15.6 Å². The van der Waals surface area contributed by atoms with Crippen LogP contribution >= 0.6 is 0 Å². The monoisotopic (exact) mass is 249 g/mol. The summed E-state index contributed by atoms with van der Waals surface area (Å²) in [5, 5.41) is 3.59. The summed E-state index contributed by atoms with van der Waals surface area (Å²) in [6.45, 7) is 5.53. The summed E-state index contributed by atoms with van der Waals surface area (Å²) in [5.41, 5.74) is 1.36. The van der Waals surface area contributed by atoms with E-state index in [2.05, 4.69) is 28.7 Å². The van der Waals surface area contributed by atoms with E-state index in [9.17, 15) is 0 Å². The molecule has 1 atom stereocenters. The maximum absolute atomic E-state index is 4.35. The molecule has 0 bridgehead atoms. The van der Waals surface area contributed by atoms with Gasteiger partial charge in [-0.15, -0.1) is 0 Å². The van der Waals surface area contributed by atoms with Gasteiger partial charge in [0.15, 0.2) is 0 Å². The van der Waals surface area contributed by atoms with Gasteiger partial charge in [-0.3, -0.25) is 0 Å². The quantitative estimate of drug-likeness (QED) is 0.723. The van der Waals surface area contributed by atoms with Gasteiger partial charge in [-0.25, -0.2) is 4.98 Å². The van der Waals surface area contributed by atoms with E-state index >= 15 is 0 Å². The SMILES string of the molecule is CCCCC(CCC)n1cncc1CNC1CC1. The smallest absolute Gasteiger partial charge is 0.0951 e. The maximum Gasteiger partial charge on any atom is 0.0951 e. The van der Waals surface area contributed by atoms with Crippen LogP contribution in [0.2, 0.25) is 0 Å². The van der Waals surface area contributed by atoms with Crippen LogP contribution in [-0.2, 0) is 6.54 Å². The summed E-state index contributed by atoms with van der Waals surface area (Å²) >= 11 is 0. The standard InChI is InChI=1S/C15H27N3/c1-3-5-7-14(6-4-2)18-12-16-10-15(18)11-17-13-8-9-13/h10,12-14,17H,3-9,11H2,1-2H3. The molecule has 1 fully saturated rings. The van der Waals surface area contributed by atoms with Crippen molar-refractivity contribution >= 4 is 0 Å². The number of unbranched alkanes of at least 4 members (excludes halogenated alkanes) is 1. The molecular formula is C15H27N3. The molecule has 0 amide bonds. The Morgan fingerprint density at radius 3 is 2.83 bits per heavy atom. The van der Waals surface area contributed by atoms with E-state index in [0.717, 1.165) is 12.6 Å². The lowest BCUT2D eigenvalue weighted by Crippen LogP contribution is -2.20. The van der Waals surface area contributed by atoms with Gasteiger partial charge in [0.25, 0.3) is 0 Å². The molecule has 3 nitrogen and oxygen atoms in total. The molecule has 1 saturated carbocycles. The first-order valence-electron chi connectivity index (χ1n) is 7.59. The molecule has 1 aliphatic carbocycles. The Morgan fingerprint density at radius 2 is 2.17 bits per heavy atom. The first kappa shape index (κ1) is 13.6. The van der Waals surface area contributed by atoms with E-state index in [1.165, 1.54) is 50.6 Å². The Bertz CT molecular complexity index is 341. The highest BCUT2D eigenvalue weighted by Crippen LogP contribution is 2.24. The van der Waals surface area contributed by atoms with Crippen molar-refractivity contribution in [1.82, 2.24) is 14.9 Å². The lowest BCUT2D eigenvalue weighted by atomic mass is 10.0. The van der Waals surface area contributed by atoms with Gasteiger partial charge >= 0.3 is 0 Å². The van der Waals surface area contributed by atoms with E-state index in [0.29, 0.717) is 6.04 Å². The van der Waals surface area contributed by atoms with E-state index in [1.807, 2.05) is 12.5 Å². The van der Waals surface area contributed by atoms with Gasteiger partial charge in [0.05, 0.1) is 12.0 Å². The first-order valence-corrected chi connectivity index (χ1v) is 7.59. The molecule has 1 aliphatic rings. The molecule has 102 valence electrons. The third kappa shape index (κ3) is 3.84. The lowest BCUT2D eigenvalue weighted by molar-refractivity contribution is 0.403. The van der Waals surface area contributed by atoms with Crippen LogP contribution in [0.5, 0.6) is 0 Å². The Balaban J connectivity index is 1.95. The van der Waals surface area contributed by atoms with Crippen LogP contribution in [0.25, 0.3) is 0 Å². The number of aromatic nitrogens is 2. The topological polar surface area (TPSA) is 29.9 Å². The van der Waals surface area contributed by atoms with Crippen molar-refractivity contribution < 1.29 is 0 Å². The summed E-state index contributed by atoms with van der Waals surface area (Å²) < 4.78 is 2.41. The van der Waals surface area contributed by atoms with Crippen LogP contribution in [0.4, 0.5) is 0 Å². The van der Waals surface area contributed by atoms with Gasteiger partial charge in [0, 0.05) is 24.8 Å². The van der Waals surface area contributed by atoms with Gasteiger partial charge < -0.3 is 9.88 Å². The summed E-state index contributed by atoms with van der Waals surface area (Å²) in [4.78, 5) is 4.35. The van der Waals surface area contributed by atoms with Crippen molar-refractivity contribution in [2.45, 2.75) is 77.4 Å². The Hall–Kier alpha value is -0.830. The van der Waals surface area contributed by atoms with Crippen molar-refractivity contribution in [3.63, 3.8) is 0 Å². The fraction of sp³-hybridized carbons (Fsp3) is 0.800. The highest BCUT2D eigenvalue weighted by Gasteiger charge is 2.21. The largest absolute Gasteiger partial charge is 0.330 e. The Morgan fingerprint density at radius 1 is 1.33 bits per heavy atom. The average molecular weight is 249 g/mol. The van der Waals surface area contributed by atoms with Gasteiger partial charge in [-0.1, -0.05) is 33.1 Å². The minimum Gasteiger partial charge on any atom is -0.330 e. The number of imidazole rings is 1. The minimum atomic E-state index is 0.647. The average Bonchev–Trinajstić information content (AvgIpc) is 3.10. The molecule has 0 aliphatic heterocycles. The Labute approximate surface area is 111 Å². The van der Waals surface area contributed by atoms with Crippen LogP contribution in [0.1, 0.15) is 70.5 Å². The van der Waals surface area contributed by atoms with E-state index in [4.69, 9.17) is 0 Å². The summed E-state index contributed by atoms with van der Waals surface area (Å²) in [6.07, 6.45) is 13.2. The molecule has 18 heavy (non-hydrogen) atoms. The van der Waals surface area contributed by atoms with Crippen molar-refractivity contribution in [2.24, 2.45) is 0 Å². The lowest BCUT2D eigenvalue weighted by Gasteiger charge is -2.20. The summed E-state index contributed by atoms with van der Waals surface area (Å²) in [5.74, 6) is 0. The molecule has 0 aromatic carbocycles. The molecule has 1 N–H and O–H groups in total. The van der Waals surface area contributed by atoms with Crippen LogP contribution in [0, 0.1) is 0 Å². The number of rotatable bonds is 9. The van der Waals surface area contributed by atoms with Crippen LogP contribution in [0.3, 0.4) is 0 Å². The fourth-order valence-electron chi connectivity index (χ4n) is 2.53. The van der Waals surface area contributed by atoms with Crippen molar-refractivity contribution in [1.29, 1.82) is 0 Å². The second kappa shape index (κ2) is 6.93. The number of hydrogen-bond acceptors (Lipinski definition) is 2. The number of nitrogens with one attached hydrogen (secondary N) is 1. The fourth-order valence-corrected chi connectivity index (χ4v) is 2.53. The maximum atomic E-state index is 4.35. The number of hydrogen-bond donors (Lipinski definition) is 1. The molecule has 1 aromatic heterocycles. The molecule has 0 spiro atoms. The van der Waals surface area contributed by atoms with Gasteiger partial charge in [0.2, 0.25) is 0 Å². The van der Waals surface area contributed by atoms with Crippen molar-refractivity contribution in [3.8, 4) is 0 Å². The molecule has 2 rings (SSSR count). The zero-order valence-electron chi connectivity index (χ0n) is 11.9. The van der Waals surface area contributed by atoms with E-state index < -0.39 is 0 Å². The van der Waals surface area contributed by atoms with Gasteiger partial charge in [-0.2, -0.15) is 0 Å². The summed E-state index contributed by atoms with van der Waals surface area (Å²) in [7, 11) is 0. The van der Waals surface area contributed by atoms with Crippen LogP contribution in [0.15, 0.2) is 12.5 Å². The van der Waals surface area contributed by atoms with Gasteiger partial charge in [-0.05, 0) is 25.7 Å². The normalized spacial score (nSPS) is 17.0. The highest BCUT2D eigenvalue weighted by molar-refractivity contribution is 5.01. The van der Waals surface area contributed by atoms with Crippen LogP contribution < -0.4 is 5.32 Å². The highest BCUT2D eigenvalue weighted by atomic mass is 15.1. The van der Waals surface area contributed by atoms with E-state index in [-0.39, 0.29) is 0 Å². The third-order valence-corrected chi connectivity index (χ3v) is 3.80. The van der Waals surface area contributed by atoms with Gasteiger partial charge in [0.1, 0.15) is 0 Å². The molecular weight excluding hydrogens is 222 g/mol. The second-order valence-electron chi connectivity index (χ2n) is 5.53. The molecule has 1 aromatic rings. The minimum absolute atomic E-state index is 0.647. The van der Waals surface area contributed by atoms with E-state index in [1.54, 1.807) is 0 Å². The third-order valence-electron chi connectivity index (χ3n) is 3.80. The molecule has 1 unspecified atom stereocenters. The summed E-state index contributed by atoms with van der Waals surface area (Å²) in [6, 6.07) is 1.42. The predicted molar refractivity (Wildman–Crippen MR) is 75.6 cm³/mol. The Kier molecular flexibility index (Phi) is 5.24. The molecule has 1 heterocycles.